The monoisotopic (exact) mass is 410 g/mol. The number of benzene rings is 2. The van der Waals surface area contributed by atoms with Crippen molar-refractivity contribution in [3.05, 3.63) is 65.7 Å². The van der Waals surface area contributed by atoms with Gasteiger partial charge in [0.05, 0.1) is 5.75 Å². The van der Waals surface area contributed by atoms with Gasteiger partial charge in [0.25, 0.3) is 0 Å². The van der Waals surface area contributed by atoms with Gasteiger partial charge in [-0.3, -0.25) is 9.59 Å². The van der Waals surface area contributed by atoms with Crippen LogP contribution in [0.5, 0.6) is 0 Å². The lowest BCUT2D eigenvalue weighted by Crippen LogP contribution is -2.49. The minimum Gasteiger partial charge on any atom is -0.352 e. The zero-order valence-electron chi connectivity index (χ0n) is 17.4. The maximum atomic E-state index is 12.6. The quantitative estimate of drug-likeness (QED) is 0.645. The Morgan fingerprint density at radius 2 is 1.69 bits per heavy atom. The molecule has 5 heteroatoms. The minimum atomic E-state index is -0.547. The molecule has 2 amide bonds. The summed E-state index contributed by atoms with van der Waals surface area (Å²) in [6.07, 6.45) is 2.55. The fraction of sp³-hybridized carbons (Fsp3) is 0.417. The van der Waals surface area contributed by atoms with Crippen molar-refractivity contribution in [1.29, 1.82) is 0 Å². The molecule has 1 saturated carbocycles. The summed E-state index contributed by atoms with van der Waals surface area (Å²) in [7, 11) is 0. The maximum absolute atomic E-state index is 12.6. The van der Waals surface area contributed by atoms with Gasteiger partial charge < -0.3 is 10.6 Å². The Morgan fingerprint density at radius 3 is 2.28 bits per heavy atom. The molecule has 2 aromatic carbocycles. The molecule has 0 saturated heterocycles. The number of hydrogen-bond donors (Lipinski definition) is 2. The number of nitrogens with one attached hydrogen (secondary N) is 2. The number of carbonyl (C=O) groups excluding carboxylic acids is 2. The molecule has 29 heavy (non-hydrogen) atoms. The standard InChI is InChI=1S/C24H30N2O2S/c1-24(2,3)18-9-13-20(14-10-18)29-16-22(27)26-21(23(28)25-19-11-12-19)15-17-7-5-4-6-8-17/h4-10,13-14,19,21H,11-12,15-16H2,1-3H3,(H,25,28)(H,26,27). The van der Waals surface area contributed by atoms with Crippen LogP contribution in [0.25, 0.3) is 0 Å². The SMILES string of the molecule is CC(C)(C)c1ccc(SCC(=O)NC(Cc2ccccc2)C(=O)NC2CC2)cc1. The fourth-order valence-corrected chi connectivity index (χ4v) is 3.73. The van der Waals surface area contributed by atoms with Crippen molar-refractivity contribution >= 4 is 23.6 Å². The largest absolute Gasteiger partial charge is 0.352 e. The maximum Gasteiger partial charge on any atom is 0.243 e. The van der Waals surface area contributed by atoms with Crippen molar-refractivity contribution in [1.82, 2.24) is 10.6 Å². The molecular formula is C24H30N2O2S. The Kier molecular flexibility index (Phi) is 7.01. The summed E-state index contributed by atoms with van der Waals surface area (Å²) in [4.78, 5) is 26.2. The average Bonchev–Trinajstić information content (AvgIpc) is 3.50. The Bertz CT molecular complexity index is 824. The summed E-state index contributed by atoms with van der Waals surface area (Å²) in [5, 5.41) is 5.95. The van der Waals surface area contributed by atoms with E-state index in [1.807, 2.05) is 30.3 Å². The first kappa shape index (κ1) is 21.4. The molecule has 0 bridgehead atoms. The second-order valence-corrected chi connectivity index (χ2v) is 9.70. The number of hydrogen-bond acceptors (Lipinski definition) is 3. The van der Waals surface area contributed by atoms with Gasteiger partial charge in [-0.25, -0.2) is 0 Å². The van der Waals surface area contributed by atoms with Gasteiger partial charge >= 0.3 is 0 Å². The molecule has 0 heterocycles. The van der Waals surface area contributed by atoms with Gasteiger partial charge in [0.2, 0.25) is 11.8 Å². The Morgan fingerprint density at radius 1 is 1.03 bits per heavy atom. The third kappa shape index (κ3) is 6.93. The van der Waals surface area contributed by atoms with Gasteiger partial charge in [-0.15, -0.1) is 11.8 Å². The highest BCUT2D eigenvalue weighted by Crippen LogP contribution is 2.25. The van der Waals surface area contributed by atoms with E-state index < -0.39 is 6.04 Å². The van der Waals surface area contributed by atoms with E-state index in [9.17, 15) is 9.59 Å². The van der Waals surface area contributed by atoms with Crippen LogP contribution in [0, 0.1) is 0 Å². The Hall–Kier alpha value is -2.27. The first-order valence-corrected chi connectivity index (χ1v) is 11.2. The third-order valence-electron chi connectivity index (χ3n) is 4.95. The fourth-order valence-electron chi connectivity index (χ4n) is 3.02. The molecule has 1 aliphatic carbocycles. The zero-order valence-corrected chi connectivity index (χ0v) is 18.2. The molecule has 2 aromatic rings. The third-order valence-corrected chi connectivity index (χ3v) is 5.96. The molecule has 0 aliphatic heterocycles. The lowest BCUT2D eigenvalue weighted by atomic mass is 9.87. The van der Waals surface area contributed by atoms with E-state index in [4.69, 9.17) is 0 Å². The first-order chi connectivity index (χ1) is 13.8. The molecule has 1 aliphatic rings. The summed E-state index contributed by atoms with van der Waals surface area (Å²) in [5.74, 6) is 0.0719. The van der Waals surface area contributed by atoms with Crippen LogP contribution < -0.4 is 10.6 Å². The van der Waals surface area contributed by atoms with Gasteiger partial charge in [-0.05, 0) is 41.5 Å². The van der Waals surface area contributed by atoms with E-state index >= 15 is 0 Å². The molecule has 2 N–H and O–H groups in total. The van der Waals surface area contributed by atoms with Crippen molar-refractivity contribution in [3.8, 4) is 0 Å². The second-order valence-electron chi connectivity index (χ2n) is 8.66. The van der Waals surface area contributed by atoms with Crippen LogP contribution in [0.1, 0.15) is 44.7 Å². The van der Waals surface area contributed by atoms with Gasteiger partial charge in [0.1, 0.15) is 6.04 Å². The highest BCUT2D eigenvalue weighted by atomic mass is 32.2. The average molecular weight is 411 g/mol. The summed E-state index contributed by atoms with van der Waals surface area (Å²) in [6.45, 7) is 6.55. The lowest BCUT2D eigenvalue weighted by Gasteiger charge is -2.19. The van der Waals surface area contributed by atoms with Crippen molar-refractivity contribution in [2.24, 2.45) is 0 Å². The first-order valence-electron chi connectivity index (χ1n) is 10.2. The van der Waals surface area contributed by atoms with Gasteiger partial charge in [0.15, 0.2) is 0 Å². The van der Waals surface area contributed by atoms with Gasteiger partial charge in [0, 0.05) is 17.4 Å². The van der Waals surface area contributed by atoms with Crippen LogP contribution in [0.15, 0.2) is 59.5 Å². The van der Waals surface area contributed by atoms with E-state index in [0.717, 1.165) is 23.3 Å². The van der Waals surface area contributed by atoms with Crippen LogP contribution in [0.4, 0.5) is 0 Å². The number of carbonyl (C=O) groups is 2. The van der Waals surface area contributed by atoms with E-state index in [-0.39, 0.29) is 29.0 Å². The van der Waals surface area contributed by atoms with Crippen molar-refractivity contribution in [2.75, 3.05) is 5.75 Å². The molecule has 0 spiro atoms. The Labute approximate surface area is 177 Å². The predicted molar refractivity (Wildman–Crippen MR) is 119 cm³/mol. The highest BCUT2D eigenvalue weighted by Gasteiger charge is 2.28. The van der Waals surface area contributed by atoms with E-state index in [0.29, 0.717) is 6.42 Å². The normalized spacial score (nSPS) is 14.9. The molecule has 1 fully saturated rings. The van der Waals surface area contributed by atoms with Crippen LogP contribution in [-0.4, -0.2) is 29.7 Å². The predicted octanol–water partition coefficient (Wildman–Crippen LogP) is 4.08. The summed E-state index contributed by atoms with van der Waals surface area (Å²) < 4.78 is 0. The molecule has 3 rings (SSSR count). The topological polar surface area (TPSA) is 58.2 Å². The Balaban J connectivity index is 1.56. The molecule has 0 radical (unpaired) electrons. The van der Waals surface area contributed by atoms with E-state index in [1.165, 1.54) is 17.3 Å². The highest BCUT2D eigenvalue weighted by molar-refractivity contribution is 8.00. The van der Waals surface area contributed by atoms with E-state index in [2.05, 4.69) is 55.7 Å². The second kappa shape index (κ2) is 9.49. The number of amides is 2. The van der Waals surface area contributed by atoms with Crippen LogP contribution in [0.2, 0.25) is 0 Å². The summed E-state index contributed by atoms with van der Waals surface area (Å²) >= 11 is 1.49. The number of rotatable bonds is 8. The van der Waals surface area contributed by atoms with Gasteiger partial charge in [-0.2, -0.15) is 0 Å². The van der Waals surface area contributed by atoms with Crippen LogP contribution in [0.3, 0.4) is 0 Å². The molecule has 1 atom stereocenters. The van der Waals surface area contributed by atoms with Crippen molar-refractivity contribution in [3.63, 3.8) is 0 Å². The van der Waals surface area contributed by atoms with Gasteiger partial charge in [-0.1, -0.05) is 63.2 Å². The van der Waals surface area contributed by atoms with Crippen LogP contribution >= 0.6 is 11.8 Å². The number of thioether (sulfide) groups is 1. The summed E-state index contributed by atoms with van der Waals surface area (Å²) in [5.41, 5.74) is 2.42. The van der Waals surface area contributed by atoms with Crippen molar-refractivity contribution < 1.29 is 9.59 Å². The molecule has 1 unspecified atom stereocenters. The zero-order chi connectivity index (χ0) is 20.9. The minimum absolute atomic E-state index is 0.0933. The van der Waals surface area contributed by atoms with Crippen molar-refractivity contribution in [2.45, 2.75) is 62.4 Å². The molecule has 0 aromatic heterocycles. The molecule has 154 valence electrons. The molecular weight excluding hydrogens is 380 g/mol. The summed E-state index contributed by atoms with van der Waals surface area (Å²) in [6, 6.07) is 17.9. The smallest absolute Gasteiger partial charge is 0.243 e. The van der Waals surface area contributed by atoms with E-state index in [1.54, 1.807) is 0 Å². The van der Waals surface area contributed by atoms with Crippen LogP contribution in [-0.2, 0) is 21.4 Å². The lowest BCUT2D eigenvalue weighted by molar-refractivity contribution is -0.128. The molecule has 4 nitrogen and oxygen atoms in total.